The molecular formula is C19H18ClN3O5. The number of hydrogen-bond acceptors (Lipinski definition) is 7. The van der Waals surface area contributed by atoms with E-state index in [2.05, 4.69) is 10.3 Å². The van der Waals surface area contributed by atoms with Crippen molar-refractivity contribution in [2.75, 3.05) is 32.0 Å². The Bertz CT molecular complexity index is 1010. The minimum atomic E-state index is -0.491. The van der Waals surface area contributed by atoms with E-state index >= 15 is 0 Å². The quantitative estimate of drug-likeness (QED) is 0.335. The molecule has 0 aliphatic heterocycles. The van der Waals surface area contributed by atoms with Gasteiger partial charge in [0.15, 0.2) is 11.5 Å². The predicted octanol–water partition coefficient (Wildman–Crippen LogP) is 4.52. The SMILES string of the molecule is COc1ccccc1Nc1c([N+](=O)[O-])cnc2cc(OCCCl)c(OC)cc12. The molecule has 0 saturated carbocycles. The number of hydrogen-bond donors (Lipinski definition) is 1. The molecule has 1 heterocycles. The van der Waals surface area contributed by atoms with Gasteiger partial charge in [-0.1, -0.05) is 12.1 Å². The second-order valence-corrected chi connectivity index (χ2v) is 6.04. The van der Waals surface area contributed by atoms with E-state index in [1.165, 1.54) is 20.4 Å². The second-order valence-electron chi connectivity index (χ2n) is 5.66. The lowest BCUT2D eigenvalue weighted by Crippen LogP contribution is -2.03. The molecule has 0 spiro atoms. The van der Waals surface area contributed by atoms with E-state index in [4.69, 9.17) is 25.8 Å². The number of benzene rings is 2. The third-order valence-electron chi connectivity index (χ3n) is 4.03. The highest BCUT2D eigenvalue weighted by Gasteiger charge is 2.21. The highest BCUT2D eigenvalue weighted by Crippen LogP contribution is 2.41. The summed E-state index contributed by atoms with van der Waals surface area (Å²) in [4.78, 5) is 15.3. The van der Waals surface area contributed by atoms with Crippen LogP contribution in [0.15, 0.2) is 42.6 Å². The second kappa shape index (κ2) is 8.62. The molecule has 8 nitrogen and oxygen atoms in total. The number of nitrogens with zero attached hydrogens (tertiary/aromatic N) is 2. The highest BCUT2D eigenvalue weighted by atomic mass is 35.5. The third kappa shape index (κ3) is 3.86. The van der Waals surface area contributed by atoms with Crippen molar-refractivity contribution in [1.29, 1.82) is 0 Å². The van der Waals surface area contributed by atoms with E-state index in [-0.39, 0.29) is 11.4 Å². The number of rotatable bonds is 8. The van der Waals surface area contributed by atoms with Crippen LogP contribution in [0.2, 0.25) is 0 Å². The largest absolute Gasteiger partial charge is 0.495 e. The Hall–Kier alpha value is -3.26. The van der Waals surface area contributed by atoms with E-state index in [1.54, 1.807) is 30.3 Å². The highest BCUT2D eigenvalue weighted by molar-refractivity contribution is 6.18. The standard InChI is InChI=1S/C19H18ClN3O5/c1-26-16-6-4-3-5-13(16)22-19-12-9-17(27-2)18(28-8-7-20)10-14(12)21-11-15(19)23(24)25/h3-6,9-11H,7-8H2,1-2H3,(H,21,22). The predicted molar refractivity (Wildman–Crippen MR) is 107 cm³/mol. The normalized spacial score (nSPS) is 10.5. The van der Waals surface area contributed by atoms with Crippen molar-refractivity contribution in [3.8, 4) is 17.2 Å². The molecule has 146 valence electrons. The van der Waals surface area contributed by atoms with Crippen LogP contribution in [0.1, 0.15) is 0 Å². The summed E-state index contributed by atoms with van der Waals surface area (Å²) in [5, 5.41) is 15.2. The summed E-state index contributed by atoms with van der Waals surface area (Å²) in [7, 11) is 3.02. The number of para-hydroxylation sites is 2. The lowest BCUT2D eigenvalue weighted by molar-refractivity contribution is -0.384. The topological polar surface area (TPSA) is 95.8 Å². The van der Waals surface area contributed by atoms with Gasteiger partial charge in [0, 0.05) is 11.5 Å². The number of alkyl halides is 1. The number of nitro groups is 1. The van der Waals surface area contributed by atoms with Gasteiger partial charge in [0.2, 0.25) is 0 Å². The average molecular weight is 404 g/mol. The van der Waals surface area contributed by atoms with Gasteiger partial charge in [-0.05, 0) is 18.2 Å². The zero-order valence-electron chi connectivity index (χ0n) is 15.3. The van der Waals surface area contributed by atoms with Crippen molar-refractivity contribution < 1.29 is 19.1 Å². The molecule has 9 heteroatoms. The van der Waals surface area contributed by atoms with Crippen molar-refractivity contribution >= 4 is 39.6 Å². The first-order valence-electron chi connectivity index (χ1n) is 8.33. The summed E-state index contributed by atoms with van der Waals surface area (Å²) < 4.78 is 16.3. The van der Waals surface area contributed by atoms with Crippen LogP contribution < -0.4 is 19.5 Å². The Labute approximate surface area is 166 Å². The number of fused-ring (bicyclic) bond motifs is 1. The number of ether oxygens (including phenoxy) is 3. The Balaban J connectivity index is 2.20. The summed E-state index contributed by atoms with van der Waals surface area (Å²) in [5.41, 5.74) is 1.20. The van der Waals surface area contributed by atoms with Crippen LogP contribution in [0.25, 0.3) is 10.9 Å². The summed E-state index contributed by atoms with van der Waals surface area (Å²) in [6.07, 6.45) is 1.21. The molecule has 0 amide bonds. The summed E-state index contributed by atoms with van der Waals surface area (Å²) in [5.74, 6) is 1.74. The average Bonchev–Trinajstić information content (AvgIpc) is 2.71. The molecule has 0 atom stereocenters. The van der Waals surface area contributed by atoms with Gasteiger partial charge in [0.05, 0.1) is 36.2 Å². The maximum absolute atomic E-state index is 11.6. The van der Waals surface area contributed by atoms with Crippen LogP contribution in [-0.4, -0.2) is 36.6 Å². The third-order valence-corrected chi connectivity index (χ3v) is 4.19. The van der Waals surface area contributed by atoms with Crippen LogP contribution in [0.5, 0.6) is 17.2 Å². The molecule has 0 radical (unpaired) electrons. The van der Waals surface area contributed by atoms with Crippen LogP contribution in [0, 0.1) is 10.1 Å². The number of halogens is 1. The van der Waals surface area contributed by atoms with Crippen LogP contribution >= 0.6 is 11.6 Å². The zero-order chi connectivity index (χ0) is 20.1. The van der Waals surface area contributed by atoms with E-state index in [0.29, 0.717) is 46.3 Å². The molecule has 3 aromatic rings. The molecule has 1 N–H and O–H groups in total. The summed E-state index contributed by atoms with van der Waals surface area (Å²) in [6, 6.07) is 10.5. The molecule has 2 aromatic carbocycles. The minimum absolute atomic E-state index is 0.171. The summed E-state index contributed by atoms with van der Waals surface area (Å²) >= 11 is 5.69. The monoisotopic (exact) mass is 403 g/mol. The van der Waals surface area contributed by atoms with E-state index in [9.17, 15) is 10.1 Å². The smallest absolute Gasteiger partial charge is 0.311 e. The molecule has 3 rings (SSSR count). The number of pyridine rings is 1. The molecule has 0 saturated heterocycles. The van der Waals surface area contributed by atoms with Gasteiger partial charge in [0.25, 0.3) is 0 Å². The Kier molecular flexibility index (Phi) is 6.00. The molecule has 0 aliphatic carbocycles. The Morgan fingerprint density at radius 2 is 1.89 bits per heavy atom. The van der Waals surface area contributed by atoms with E-state index in [1.807, 2.05) is 6.07 Å². The first-order valence-corrected chi connectivity index (χ1v) is 8.86. The van der Waals surface area contributed by atoms with Crippen molar-refractivity contribution in [1.82, 2.24) is 4.98 Å². The van der Waals surface area contributed by atoms with Crippen LogP contribution in [0.4, 0.5) is 17.1 Å². The zero-order valence-corrected chi connectivity index (χ0v) is 16.0. The van der Waals surface area contributed by atoms with E-state index < -0.39 is 4.92 Å². The fourth-order valence-corrected chi connectivity index (χ4v) is 2.84. The minimum Gasteiger partial charge on any atom is -0.495 e. The number of methoxy groups -OCH3 is 2. The van der Waals surface area contributed by atoms with Gasteiger partial charge in [0.1, 0.15) is 24.2 Å². The van der Waals surface area contributed by atoms with Crippen molar-refractivity contribution in [3.63, 3.8) is 0 Å². The number of aromatic nitrogens is 1. The van der Waals surface area contributed by atoms with Gasteiger partial charge >= 0.3 is 5.69 Å². The van der Waals surface area contributed by atoms with Gasteiger partial charge in [-0.25, -0.2) is 4.98 Å². The molecule has 0 bridgehead atoms. The molecule has 28 heavy (non-hydrogen) atoms. The number of anilines is 2. The Morgan fingerprint density at radius 3 is 2.57 bits per heavy atom. The molecular weight excluding hydrogens is 386 g/mol. The summed E-state index contributed by atoms with van der Waals surface area (Å²) in [6.45, 7) is 0.294. The van der Waals surface area contributed by atoms with Crippen molar-refractivity contribution in [2.24, 2.45) is 0 Å². The molecule has 1 aromatic heterocycles. The van der Waals surface area contributed by atoms with Gasteiger partial charge in [-0.3, -0.25) is 10.1 Å². The maximum atomic E-state index is 11.6. The fourth-order valence-electron chi connectivity index (χ4n) is 2.76. The molecule has 0 fully saturated rings. The first kappa shape index (κ1) is 19.5. The molecule has 0 unspecified atom stereocenters. The first-order chi connectivity index (χ1) is 13.6. The van der Waals surface area contributed by atoms with Crippen LogP contribution in [0.3, 0.4) is 0 Å². The lowest BCUT2D eigenvalue weighted by Gasteiger charge is -2.15. The maximum Gasteiger partial charge on any atom is 0.311 e. The lowest BCUT2D eigenvalue weighted by atomic mass is 10.1. The molecule has 0 aliphatic rings. The Morgan fingerprint density at radius 1 is 1.14 bits per heavy atom. The van der Waals surface area contributed by atoms with Crippen LogP contribution in [-0.2, 0) is 0 Å². The fraction of sp³-hybridized carbons (Fsp3) is 0.211. The van der Waals surface area contributed by atoms with Gasteiger partial charge in [-0.15, -0.1) is 11.6 Å². The van der Waals surface area contributed by atoms with Gasteiger partial charge < -0.3 is 19.5 Å². The van der Waals surface area contributed by atoms with Crippen molar-refractivity contribution in [3.05, 3.63) is 52.7 Å². The number of nitrogens with one attached hydrogen (secondary N) is 1. The van der Waals surface area contributed by atoms with E-state index in [0.717, 1.165) is 0 Å². The van der Waals surface area contributed by atoms with Gasteiger partial charge in [-0.2, -0.15) is 0 Å². The van der Waals surface area contributed by atoms with Crippen molar-refractivity contribution in [2.45, 2.75) is 0 Å².